The lowest BCUT2D eigenvalue weighted by atomic mass is 9.99. The van der Waals surface area contributed by atoms with E-state index in [4.69, 9.17) is 9.47 Å². The number of carbonyl (C=O) groups excluding carboxylic acids is 2. The van der Waals surface area contributed by atoms with Crippen LogP contribution < -0.4 is 0 Å². The van der Waals surface area contributed by atoms with Crippen molar-refractivity contribution >= 4 is 11.9 Å². The van der Waals surface area contributed by atoms with Gasteiger partial charge in [0.15, 0.2) is 0 Å². The van der Waals surface area contributed by atoms with E-state index in [0.717, 1.165) is 11.1 Å². The standard InChI is InChI=1S/C23H27FO4/c1-2-3-16-23(24,21(25)27-17-14-19-10-6-4-7-11-19)22(26)28-18-15-20-12-8-5-9-13-20/h4-13H,2-3,14-18H2,1H3. The Bertz CT molecular complexity index is 673. The van der Waals surface area contributed by atoms with Gasteiger partial charge in [0.1, 0.15) is 0 Å². The number of hydrogen-bond acceptors (Lipinski definition) is 4. The van der Waals surface area contributed by atoms with Crippen LogP contribution in [-0.4, -0.2) is 30.8 Å². The van der Waals surface area contributed by atoms with Gasteiger partial charge >= 0.3 is 17.6 Å². The second-order valence-corrected chi connectivity index (χ2v) is 6.65. The van der Waals surface area contributed by atoms with E-state index in [9.17, 15) is 9.59 Å². The molecule has 150 valence electrons. The van der Waals surface area contributed by atoms with Gasteiger partial charge in [-0.25, -0.2) is 14.0 Å². The van der Waals surface area contributed by atoms with E-state index in [0.29, 0.717) is 25.7 Å². The molecule has 28 heavy (non-hydrogen) atoms. The Morgan fingerprint density at radius 2 is 1.25 bits per heavy atom. The molecule has 5 heteroatoms. The molecule has 0 radical (unpaired) electrons. The van der Waals surface area contributed by atoms with E-state index in [1.165, 1.54) is 0 Å². The minimum Gasteiger partial charge on any atom is -0.463 e. The molecule has 2 aromatic rings. The summed E-state index contributed by atoms with van der Waals surface area (Å²) in [6.07, 6.45) is 1.72. The average Bonchev–Trinajstić information content (AvgIpc) is 2.73. The number of unbranched alkanes of at least 4 members (excludes halogenated alkanes) is 1. The maximum absolute atomic E-state index is 15.3. The highest BCUT2D eigenvalue weighted by Crippen LogP contribution is 2.24. The molecule has 0 spiro atoms. The van der Waals surface area contributed by atoms with E-state index < -0.39 is 17.6 Å². The molecule has 0 N–H and O–H groups in total. The summed E-state index contributed by atoms with van der Waals surface area (Å²) in [7, 11) is 0. The van der Waals surface area contributed by atoms with Gasteiger partial charge in [-0.15, -0.1) is 0 Å². The molecule has 0 aliphatic rings. The molecule has 0 heterocycles. The first-order valence-corrected chi connectivity index (χ1v) is 9.67. The third kappa shape index (κ3) is 6.48. The fourth-order valence-electron chi connectivity index (χ4n) is 2.75. The Morgan fingerprint density at radius 1 is 0.821 bits per heavy atom. The van der Waals surface area contributed by atoms with Crippen LogP contribution in [0.5, 0.6) is 0 Å². The Hall–Kier alpha value is -2.69. The van der Waals surface area contributed by atoms with Gasteiger partial charge in [-0.1, -0.05) is 74.0 Å². The number of carbonyl (C=O) groups is 2. The van der Waals surface area contributed by atoms with Crippen molar-refractivity contribution in [3.8, 4) is 0 Å². The summed E-state index contributed by atoms with van der Waals surface area (Å²) >= 11 is 0. The van der Waals surface area contributed by atoms with Crippen LogP contribution in [-0.2, 0) is 31.9 Å². The predicted molar refractivity (Wildman–Crippen MR) is 106 cm³/mol. The largest absolute Gasteiger partial charge is 0.463 e. The van der Waals surface area contributed by atoms with Crippen molar-refractivity contribution in [2.75, 3.05) is 13.2 Å². The molecule has 0 unspecified atom stereocenters. The Labute approximate surface area is 165 Å². The smallest absolute Gasteiger partial charge is 0.355 e. The van der Waals surface area contributed by atoms with Crippen LogP contribution in [0, 0.1) is 0 Å². The van der Waals surface area contributed by atoms with E-state index in [1.54, 1.807) is 0 Å². The molecule has 2 rings (SSSR count). The van der Waals surface area contributed by atoms with E-state index in [1.807, 2.05) is 67.6 Å². The molecular formula is C23H27FO4. The minimum absolute atomic E-state index is 0.0118. The van der Waals surface area contributed by atoms with Crippen molar-refractivity contribution in [1.82, 2.24) is 0 Å². The molecule has 0 aliphatic heterocycles. The second-order valence-electron chi connectivity index (χ2n) is 6.65. The van der Waals surface area contributed by atoms with Gasteiger partial charge in [0, 0.05) is 19.3 Å². The first-order valence-electron chi connectivity index (χ1n) is 9.67. The third-order valence-corrected chi connectivity index (χ3v) is 4.46. The summed E-state index contributed by atoms with van der Waals surface area (Å²) in [4.78, 5) is 24.7. The Morgan fingerprint density at radius 3 is 1.64 bits per heavy atom. The molecular weight excluding hydrogens is 359 g/mol. The van der Waals surface area contributed by atoms with Crippen molar-refractivity contribution in [1.29, 1.82) is 0 Å². The van der Waals surface area contributed by atoms with Crippen LogP contribution in [0.2, 0.25) is 0 Å². The van der Waals surface area contributed by atoms with Crippen LogP contribution in [0.3, 0.4) is 0 Å². The minimum atomic E-state index is -2.76. The number of hydrogen-bond donors (Lipinski definition) is 0. The summed E-state index contributed by atoms with van der Waals surface area (Å²) in [5, 5.41) is 0. The van der Waals surface area contributed by atoms with Crippen molar-refractivity contribution in [3.63, 3.8) is 0 Å². The molecule has 0 aliphatic carbocycles. The van der Waals surface area contributed by atoms with Crippen molar-refractivity contribution in [2.45, 2.75) is 44.7 Å². The van der Waals surface area contributed by atoms with Gasteiger partial charge in [0.2, 0.25) is 0 Å². The molecule has 0 bridgehead atoms. The first-order chi connectivity index (χ1) is 13.6. The number of esters is 2. The number of alkyl halides is 1. The van der Waals surface area contributed by atoms with Gasteiger partial charge in [0.05, 0.1) is 13.2 Å². The number of halogens is 1. The summed E-state index contributed by atoms with van der Waals surface area (Å²) in [6, 6.07) is 18.9. The van der Waals surface area contributed by atoms with Crippen LogP contribution in [0.25, 0.3) is 0 Å². The van der Waals surface area contributed by atoms with E-state index in [-0.39, 0.29) is 19.6 Å². The van der Waals surface area contributed by atoms with Gasteiger partial charge < -0.3 is 9.47 Å². The molecule has 0 amide bonds. The second kappa shape index (κ2) is 11.2. The fourth-order valence-corrected chi connectivity index (χ4v) is 2.75. The summed E-state index contributed by atoms with van der Waals surface area (Å²) in [6.45, 7) is 1.89. The maximum Gasteiger partial charge on any atom is 0.355 e. The quantitative estimate of drug-likeness (QED) is 0.423. The molecule has 0 saturated carbocycles. The summed E-state index contributed by atoms with van der Waals surface area (Å²) < 4.78 is 25.4. The Balaban J connectivity index is 1.89. The highest BCUT2D eigenvalue weighted by molar-refractivity contribution is 6.03. The normalized spacial score (nSPS) is 11.1. The van der Waals surface area contributed by atoms with Crippen molar-refractivity contribution in [2.24, 2.45) is 0 Å². The van der Waals surface area contributed by atoms with Gasteiger partial charge in [-0.2, -0.15) is 0 Å². The van der Waals surface area contributed by atoms with Crippen molar-refractivity contribution in [3.05, 3.63) is 71.8 Å². The van der Waals surface area contributed by atoms with Crippen molar-refractivity contribution < 1.29 is 23.5 Å². The molecule has 0 saturated heterocycles. The lowest BCUT2D eigenvalue weighted by Crippen LogP contribution is -2.45. The van der Waals surface area contributed by atoms with Gasteiger partial charge in [0.25, 0.3) is 0 Å². The fraction of sp³-hybridized carbons (Fsp3) is 0.391. The van der Waals surface area contributed by atoms with E-state index >= 15 is 4.39 Å². The van der Waals surface area contributed by atoms with E-state index in [2.05, 4.69) is 0 Å². The average molecular weight is 386 g/mol. The third-order valence-electron chi connectivity index (χ3n) is 4.46. The first kappa shape index (κ1) is 21.6. The molecule has 0 fully saturated rings. The highest BCUT2D eigenvalue weighted by Gasteiger charge is 2.49. The number of rotatable bonds is 11. The highest BCUT2D eigenvalue weighted by atomic mass is 19.1. The zero-order valence-corrected chi connectivity index (χ0v) is 16.2. The maximum atomic E-state index is 15.3. The topological polar surface area (TPSA) is 52.6 Å². The summed E-state index contributed by atoms with van der Waals surface area (Å²) in [5.74, 6) is -2.33. The molecule has 0 atom stereocenters. The lowest BCUT2D eigenvalue weighted by Gasteiger charge is -2.21. The van der Waals surface area contributed by atoms with Crippen LogP contribution in [0.4, 0.5) is 4.39 Å². The number of benzene rings is 2. The SMILES string of the molecule is CCCCC(F)(C(=O)OCCc1ccccc1)C(=O)OCCc1ccccc1. The van der Waals surface area contributed by atoms with Crippen LogP contribution in [0.15, 0.2) is 60.7 Å². The monoisotopic (exact) mass is 386 g/mol. The van der Waals surface area contributed by atoms with Crippen LogP contribution in [0.1, 0.15) is 37.3 Å². The molecule has 2 aromatic carbocycles. The zero-order valence-electron chi connectivity index (χ0n) is 16.2. The summed E-state index contributed by atoms with van der Waals surface area (Å²) in [5.41, 5.74) is -0.818. The number of ether oxygens (including phenoxy) is 2. The molecule has 0 aromatic heterocycles. The Kier molecular flexibility index (Phi) is 8.66. The van der Waals surface area contributed by atoms with Gasteiger partial charge in [-0.3, -0.25) is 0 Å². The molecule has 4 nitrogen and oxygen atoms in total. The predicted octanol–water partition coefficient (Wildman–Crippen LogP) is 4.46. The zero-order chi connectivity index (χ0) is 20.2. The van der Waals surface area contributed by atoms with Gasteiger partial charge in [-0.05, 0) is 17.5 Å². The lowest BCUT2D eigenvalue weighted by molar-refractivity contribution is -0.175. The van der Waals surface area contributed by atoms with Crippen LogP contribution >= 0.6 is 0 Å².